The van der Waals surface area contributed by atoms with E-state index in [1.54, 1.807) is 7.11 Å². The summed E-state index contributed by atoms with van der Waals surface area (Å²) < 4.78 is 12.4. The predicted molar refractivity (Wildman–Crippen MR) is 170 cm³/mol. The van der Waals surface area contributed by atoms with Crippen LogP contribution in [0.15, 0.2) is 156 Å². The molecule has 0 radical (unpaired) electrons. The number of rotatable bonds is 6. The number of furan rings is 1. The zero-order valence-electron chi connectivity index (χ0n) is 22.8. The number of hydrogen-bond acceptors (Lipinski definition) is 2. The van der Waals surface area contributed by atoms with Crippen LogP contribution in [0.1, 0.15) is 0 Å². The lowest BCUT2D eigenvalue weighted by Gasteiger charge is -2.18. The maximum absolute atomic E-state index is 6.94. The van der Waals surface area contributed by atoms with Crippen molar-refractivity contribution < 1.29 is 9.15 Å². The van der Waals surface area contributed by atoms with Crippen LogP contribution in [0.4, 0.5) is 0 Å². The van der Waals surface area contributed by atoms with Crippen LogP contribution in [-0.4, -0.2) is 7.11 Å². The van der Waals surface area contributed by atoms with Gasteiger partial charge in [-0.25, -0.2) is 0 Å². The molecule has 7 rings (SSSR count). The summed E-state index contributed by atoms with van der Waals surface area (Å²) in [7, 11) is 1.69. The second-order valence-electron chi connectivity index (χ2n) is 10.1. The van der Waals surface area contributed by atoms with Gasteiger partial charge in [-0.1, -0.05) is 115 Å². The molecule has 0 aliphatic rings. The largest absolute Gasteiger partial charge is 0.497 e. The molecule has 1 aromatic heterocycles. The van der Waals surface area contributed by atoms with Crippen molar-refractivity contribution in [3.05, 3.63) is 152 Å². The summed E-state index contributed by atoms with van der Waals surface area (Å²) in [5.41, 5.74) is 8.98. The molecule has 196 valence electrons. The Labute approximate surface area is 240 Å². The van der Waals surface area contributed by atoms with Crippen LogP contribution in [0.25, 0.3) is 66.8 Å². The molecule has 0 unspecified atom stereocenters. The van der Waals surface area contributed by atoms with Crippen LogP contribution in [0, 0.1) is 0 Å². The minimum absolute atomic E-state index is 0.819. The van der Waals surface area contributed by atoms with Crippen molar-refractivity contribution in [1.82, 2.24) is 0 Å². The van der Waals surface area contributed by atoms with E-state index in [2.05, 4.69) is 140 Å². The van der Waals surface area contributed by atoms with E-state index in [1.807, 2.05) is 12.1 Å². The van der Waals surface area contributed by atoms with E-state index in [0.717, 1.165) is 61.4 Å². The fourth-order valence-electron chi connectivity index (χ4n) is 5.61. The highest BCUT2D eigenvalue weighted by Crippen LogP contribution is 2.48. The van der Waals surface area contributed by atoms with Gasteiger partial charge in [-0.05, 0) is 69.8 Å². The Balaban J connectivity index is 1.58. The van der Waals surface area contributed by atoms with Crippen molar-refractivity contribution in [2.75, 3.05) is 7.11 Å². The molecule has 0 fully saturated rings. The molecule has 0 aliphatic heterocycles. The molecular formula is C39H28O2. The first-order valence-electron chi connectivity index (χ1n) is 13.8. The number of hydrogen-bond donors (Lipinski definition) is 0. The summed E-state index contributed by atoms with van der Waals surface area (Å²) in [4.78, 5) is 0. The van der Waals surface area contributed by atoms with E-state index in [0.29, 0.717) is 0 Å². The molecule has 0 amide bonds. The standard InChI is InChI=1S/C39H28O2/c1-40-32-23-21-30(22-24-32)38-33-19-11-12-20-34(33)39(41-38)37-35(28-15-7-3-8-16-28)25-31(27-13-5-2-6-14-27)26-36(37)29-17-9-4-10-18-29/h2-26H,1H3. The van der Waals surface area contributed by atoms with Gasteiger partial charge in [-0.2, -0.15) is 0 Å². The van der Waals surface area contributed by atoms with Gasteiger partial charge in [0.1, 0.15) is 17.3 Å². The molecule has 2 heteroatoms. The molecule has 0 N–H and O–H groups in total. The fourth-order valence-corrected chi connectivity index (χ4v) is 5.61. The first kappa shape index (κ1) is 24.7. The average Bonchev–Trinajstić information content (AvgIpc) is 3.45. The number of fused-ring (bicyclic) bond motifs is 1. The third-order valence-electron chi connectivity index (χ3n) is 7.61. The second-order valence-corrected chi connectivity index (χ2v) is 10.1. The Morgan fingerprint density at radius 1 is 0.415 bits per heavy atom. The van der Waals surface area contributed by atoms with Gasteiger partial charge in [0.05, 0.1) is 7.11 Å². The maximum Gasteiger partial charge on any atom is 0.143 e. The van der Waals surface area contributed by atoms with E-state index in [1.165, 1.54) is 11.1 Å². The van der Waals surface area contributed by atoms with Gasteiger partial charge in [-0.15, -0.1) is 0 Å². The van der Waals surface area contributed by atoms with Crippen molar-refractivity contribution in [3.63, 3.8) is 0 Å². The Hall–Kier alpha value is -5.34. The Bertz CT molecular complexity index is 1870. The van der Waals surface area contributed by atoms with Gasteiger partial charge in [0.25, 0.3) is 0 Å². The number of methoxy groups -OCH3 is 1. The normalized spacial score (nSPS) is 11.0. The van der Waals surface area contributed by atoms with Gasteiger partial charge in [0, 0.05) is 21.9 Å². The van der Waals surface area contributed by atoms with Crippen molar-refractivity contribution in [1.29, 1.82) is 0 Å². The average molecular weight is 529 g/mol. The van der Waals surface area contributed by atoms with E-state index in [9.17, 15) is 0 Å². The van der Waals surface area contributed by atoms with E-state index >= 15 is 0 Å². The molecule has 6 aromatic carbocycles. The summed E-state index contributed by atoms with van der Waals surface area (Å²) in [6.07, 6.45) is 0. The van der Waals surface area contributed by atoms with Crippen molar-refractivity contribution in [2.45, 2.75) is 0 Å². The Morgan fingerprint density at radius 2 is 0.878 bits per heavy atom. The van der Waals surface area contributed by atoms with Gasteiger partial charge in [-0.3, -0.25) is 0 Å². The number of ether oxygens (including phenoxy) is 1. The topological polar surface area (TPSA) is 22.4 Å². The molecule has 0 atom stereocenters. The van der Waals surface area contributed by atoms with E-state index in [4.69, 9.17) is 9.15 Å². The summed E-state index contributed by atoms with van der Waals surface area (Å²) in [6, 6.07) is 52.9. The fraction of sp³-hybridized carbons (Fsp3) is 0.0256. The molecular weight excluding hydrogens is 500 g/mol. The van der Waals surface area contributed by atoms with Gasteiger partial charge in [0.2, 0.25) is 0 Å². The molecule has 0 saturated carbocycles. The third kappa shape index (κ3) is 4.60. The summed E-state index contributed by atoms with van der Waals surface area (Å²) in [5, 5.41) is 2.16. The highest BCUT2D eigenvalue weighted by molar-refractivity contribution is 6.08. The van der Waals surface area contributed by atoms with E-state index in [-0.39, 0.29) is 0 Å². The van der Waals surface area contributed by atoms with Crippen LogP contribution in [0.3, 0.4) is 0 Å². The first-order chi connectivity index (χ1) is 20.3. The molecule has 41 heavy (non-hydrogen) atoms. The maximum atomic E-state index is 6.94. The van der Waals surface area contributed by atoms with Crippen molar-refractivity contribution >= 4 is 10.8 Å². The zero-order chi connectivity index (χ0) is 27.6. The molecule has 1 heterocycles. The van der Waals surface area contributed by atoms with Crippen LogP contribution >= 0.6 is 0 Å². The predicted octanol–water partition coefficient (Wildman–Crippen LogP) is 10.8. The van der Waals surface area contributed by atoms with Crippen LogP contribution in [-0.2, 0) is 0 Å². The zero-order valence-corrected chi connectivity index (χ0v) is 22.8. The lowest BCUT2D eigenvalue weighted by molar-refractivity contribution is 0.415. The molecule has 0 aliphatic carbocycles. The monoisotopic (exact) mass is 528 g/mol. The lowest BCUT2D eigenvalue weighted by atomic mass is 9.86. The first-order valence-corrected chi connectivity index (χ1v) is 13.8. The highest BCUT2D eigenvalue weighted by atomic mass is 16.5. The Morgan fingerprint density at radius 3 is 1.39 bits per heavy atom. The summed E-state index contributed by atoms with van der Waals surface area (Å²) in [5.74, 6) is 2.53. The van der Waals surface area contributed by atoms with E-state index < -0.39 is 0 Å². The minimum atomic E-state index is 0.819. The van der Waals surface area contributed by atoms with Gasteiger partial charge in [0.15, 0.2) is 0 Å². The number of benzene rings is 6. The molecule has 0 bridgehead atoms. The second kappa shape index (κ2) is 10.7. The molecule has 0 spiro atoms. The Kier molecular flexibility index (Phi) is 6.42. The summed E-state index contributed by atoms with van der Waals surface area (Å²) in [6.45, 7) is 0. The smallest absolute Gasteiger partial charge is 0.143 e. The van der Waals surface area contributed by atoms with Crippen LogP contribution in [0.2, 0.25) is 0 Å². The van der Waals surface area contributed by atoms with Crippen molar-refractivity contribution in [2.24, 2.45) is 0 Å². The molecule has 7 aromatic rings. The lowest BCUT2D eigenvalue weighted by Crippen LogP contribution is -1.92. The minimum Gasteiger partial charge on any atom is -0.497 e. The van der Waals surface area contributed by atoms with Crippen LogP contribution < -0.4 is 4.74 Å². The molecule has 2 nitrogen and oxygen atoms in total. The quantitative estimate of drug-likeness (QED) is 0.214. The summed E-state index contributed by atoms with van der Waals surface area (Å²) >= 11 is 0. The SMILES string of the molecule is COc1ccc(-c2oc(-c3c(-c4ccccc4)cc(-c4ccccc4)cc3-c3ccccc3)c3ccccc23)cc1. The van der Waals surface area contributed by atoms with Gasteiger partial charge < -0.3 is 9.15 Å². The highest BCUT2D eigenvalue weighted by Gasteiger charge is 2.23. The third-order valence-corrected chi connectivity index (χ3v) is 7.61. The molecule has 0 saturated heterocycles. The van der Waals surface area contributed by atoms with Crippen molar-refractivity contribution in [3.8, 4) is 61.8 Å². The van der Waals surface area contributed by atoms with Gasteiger partial charge >= 0.3 is 0 Å². The van der Waals surface area contributed by atoms with Crippen LogP contribution in [0.5, 0.6) is 5.75 Å².